The smallest absolute Gasteiger partial charge is 0.162 e. The van der Waals surface area contributed by atoms with Crippen LogP contribution in [0.25, 0.3) is 22.8 Å². The lowest BCUT2D eigenvalue weighted by Crippen LogP contribution is -2.22. The van der Waals surface area contributed by atoms with Gasteiger partial charge in [-0.1, -0.05) is 31.2 Å². The number of ether oxygens (including phenoxy) is 2. The third-order valence-electron chi connectivity index (χ3n) is 4.41. The molecule has 0 radical (unpaired) electrons. The van der Waals surface area contributed by atoms with Gasteiger partial charge >= 0.3 is 0 Å². The van der Waals surface area contributed by atoms with E-state index >= 15 is 0 Å². The molecule has 0 fully saturated rings. The summed E-state index contributed by atoms with van der Waals surface area (Å²) in [6.45, 7) is 8.15. The van der Waals surface area contributed by atoms with Crippen LogP contribution in [-0.2, 0) is 11.5 Å². The minimum Gasteiger partial charge on any atom is -0.497 e. The number of benzene rings is 1. The lowest BCUT2D eigenvalue weighted by molar-refractivity contribution is 0.0882. The van der Waals surface area contributed by atoms with Crippen LogP contribution in [0.1, 0.15) is 0 Å². The zero-order valence-corrected chi connectivity index (χ0v) is 20.4. The molecule has 0 saturated carbocycles. The zero-order valence-electron chi connectivity index (χ0n) is 17.1. The highest BCUT2D eigenvalue weighted by Gasteiger charge is 2.17. The average molecular weight is 495 g/mol. The Balaban J connectivity index is 1.92. The number of hydrogen-bond acceptors (Lipinski definition) is 4. The van der Waals surface area contributed by atoms with Gasteiger partial charge in [0, 0.05) is 37.1 Å². The summed E-state index contributed by atoms with van der Waals surface area (Å²) in [6, 6.07) is 10.7. The molecule has 0 N–H and O–H groups in total. The van der Waals surface area contributed by atoms with Crippen molar-refractivity contribution in [2.75, 3.05) is 13.7 Å². The maximum Gasteiger partial charge on any atom is 0.162 e. The van der Waals surface area contributed by atoms with Crippen molar-refractivity contribution >= 4 is 35.6 Å². The average Bonchev–Trinajstić information content (AvgIpc) is 3.08. The van der Waals surface area contributed by atoms with Crippen LogP contribution in [0.3, 0.4) is 0 Å². The minimum atomic E-state index is -1.15. The quantitative estimate of drug-likeness (QED) is 0.270. The molecule has 0 amide bonds. The second kappa shape index (κ2) is 9.43. The first kappa shape index (κ1) is 22.0. The van der Waals surface area contributed by atoms with Crippen molar-refractivity contribution in [3.8, 4) is 28.5 Å². The Morgan fingerprint density at radius 3 is 2.52 bits per heavy atom. The molecular weight excluding hydrogens is 470 g/mol. The molecule has 1 aromatic carbocycles. The van der Waals surface area contributed by atoms with Crippen LogP contribution in [0.4, 0.5) is 0 Å². The van der Waals surface area contributed by atoms with Crippen LogP contribution < -0.4 is 4.74 Å². The van der Waals surface area contributed by atoms with Crippen LogP contribution in [-0.4, -0.2) is 36.3 Å². The van der Waals surface area contributed by atoms with Gasteiger partial charge in [-0.25, -0.2) is 4.98 Å². The van der Waals surface area contributed by atoms with Crippen LogP contribution in [0.5, 0.6) is 5.75 Å². The van der Waals surface area contributed by atoms with Gasteiger partial charge in [0.2, 0.25) is 0 Å². The Morgan fingerprint density at radius 2 is 1.90 bits per heavy atom. The topological polar surface area (TPSA) is 49.2 Å². The van der Waals surface area contributed by atoms with E-state index in [9.17, 15) is 0 Å². The van der Waals surface area contributed by atoms with E-state index in [0.717, 1.165) is 34.1 Å². The SMILES string of the molecule is COc1ccc(-c2cn(COCC[Si](C)(C)C)c(-c3ncc(Br)cc3Cl)n2)cc1. The minimum absolute atomic E-state index is 0.400. The summed E-state index contributed by atoms with van der Waals surface area (Å²) in [4.78, 5) is 9.29. The standard InChI is InChI=1S/C21H25BrClN3O2Si/c1-27-17-7-5-15(6-8-17)19-13-26(14-28-9-10-29(2,3)4)21(25-19)20-18(23)11-16(22)12-24-20/h5-8,11-13H,9-10,14H2,1-4H3. The van der Waals surface area contributed by atoms with Gasteiger partial charge in [0.1, 0.15) is 18.2 Å². The molecule has 3 rings (SSSR count). The largest absolute Gasteiger partial charge is 0.497 e. The monoisotopic (exact) mass is 493 g/mol. The lowest BCUT2D eigenvalue weighted by Gasteiger charge is -2.16. The van der Waals surface area contributed by atoms with Gasteiger partial charge < -0.3 is 14.0 Å². The van der Waals surface area contributed by atoms with E-state index in [2.05, 4.69) is 40.6 Å². The Bertz CT molecular complexity index is 971. The summed E-state index contributed by atoms with van der Waals surface area (Å²) in [7, 11) is 0.508. The molecule has 5 nitrogen and oxygen atoms in total. The molecule has 154 valence electrons. The first-order valence-electron chi connectivity index (χ1n) is 9.37. The first-order valence-corrected chi connectivity index (χ1v) is 14.3. The normalized spacial score (nSPS) is 11.7. The molecule has 0 bridgehead atoms. The molecule has 0 saturated heterocycles. The number of nitrogens with zero attached hydrogens (tertiary/aromatic N) is 3. The van der Waals surface area contributed by atoms with Crippen molar-refractivity contribution in [1.29, 1.82) is 0 Å². The van der Waals surface area contributed by atoms with E-state index < -0.39 is 8.07 Å². The third kappa shape index (κ3) is 5.91. The number of hydrogen-bond donors (Lipinski definition) is 0. The molecule has 0 aliphatic carbocycles. The van der Waals surface area contributed by atoms with Gasteiger partial charge in [-0.2, -0.15) is 0 Å². The van der Waals surface area contributed by atoms with Crippen LogP contribution >= 0.6 is 27.5 Å². The van der Waals surface area contributed by atoms with Gasteiger partial charge in [-0.3, -0.25) is 4.98 Å². The maximum absolute atomic E-state index is 6.45. The number of imidazole rings is 1. The van der Waals surface area contributed by atoms with Gasteiger partial charge in [-0.05, 0) is 52.3 Å². The Hall–Kier alpha value is -1.67. The van der Waals surface area contributed by atoms with E-state index in [4.69, 9.17) is 26.1 Å². The number of pyridine rings is 1. The molecule has 29 heavy (non-hydrogen) atoms. The molecule has 2 aromatic heterocycles. The lowest BCUT2D eigenvalue weighted by atomic mass is 10.2. The van der Waals surface area contributed by atoms with E-state index in [1.54, 1.807) is 13.3 Å². The molecule has 2 heterocycles. The van der Waals surface area contributed by atoms with Crippen LogP contribution in [0, 0.1) is 0 Å². The van der Waals surface area contributed by atoms with Crippen molar-refractivity contribution in [2.45, 2.75) is 32.4 Å². The third-order valence-corrected chi connectivity index (χ3v) is 6.83. The predicted octanol–water partition coefficient (Wildman–Crippen LogP) is 6.35. The summed E-state index contributed by atoms with van der Waals surface area (Å²) in [5, 5.41) is 0.537. The fourth-order valence-corrected chi connectivity index (χ4v) is 4.20. The van der Waals surface area contributed by atoms with Crippen LogP contribution in [0.2, 0.25) is 30.7 Å². The summed E-state index contributed by atoms with van der Waals surface area (Å²) >= 11 is 9.86. The molecule has 0 unspecified atom stereocenters. The van der Waals surface area contributed by atoms with Gasteiger partial charge in [0.05, 0.1) is 17.8 Å². The van der Waals surface area contributed by atoms with Crippen molar-refractivity contribution in [3.05, 3.63) is 52.2 Å². The molecule has 8 heteroatoms. The fraction of sp³-hybridized carbons (Fsp3) is 0.333. The summed E-state index contributed by atoms with van der Waals surface area (Å²) in [5.74, 6) is 1.49. The van der Waals surface area contributed by atoms with Crippen molar-refractivity contribution in [1.82, 2.24) is 14.5 Å². The molecule has 0 aliphatic heterocycles. The highest BCUT2D eigenvalue weighted by atomic mass is 79.9. The van der Waals surface area contributed by atoms with E-state index in [0.29, 0.717) is 23.3 Å². The molecule has 0 atom stereocenters. The second-order valence-electron chi connectivity index (χ2n) is 7.98. The molecule has 3 aromatic rings. The molecule has 0 spiro atoms. The number of rotatable bonds is 8. The second-order valence-corrected chi connectivity index (χ2v) is 14.9. The number of aromatic nitrogens is 3. The van der Waals surface area contributed by atoms with E-state index in [1.807, 2.05) is 41.1 Å². The van der Waals surface area contributed by atoms with Crippen molar-refractivity contribution < 1.29 is 9.47 Å². The predicted molar refractivity (Wildman–Crippen MR) is 124 cm³/mol. The summed E-state index contributed by atoms with van der Waals surface area (Å²) < 4.78 is 14.0. The zero-order chi connectivity index (χ0) is 21.0. The number of methoxy groups -OCH3 is 1. The molecule has 0 aliphatic rings. The molecular formula is C21H25BrClN3O2Si. The highest BCUT2D eigenvalue weighted by molar-refractivity contribution is 9.10. The highest BCUT2D eigenvalue weighted by Crippen LogP contribution is 2.30. The van der Waals surface area contributed by atoms with Crippen molar-refractivity contribution in [3.63, 3.8) is 0 Å². The Kier molecular flexibility index (Phi) is 7.16. The van der Waals surface area contributed by atoms with Gasteiger partial charge in [0.15, 0.2) is 5.82 Å². The Labute approximate surface area is 186 Å². The van der Waals surface area contributed by atoms with Crippen LogP contribution in [0.15, 0.2) is 47.2 Å². The number of halogens is 2. The van der Waals surface area contributed by atoms with E-state index in [1.165, 1.54) is 0 Å². The first-order chi connectivity index (χ1) is 13.8. The fourth-order valence-electron chi connectivity index (χ4n) is 2.72. The van der Waals surface area contributed by atoms with Gasteiger partial charge in [-0.15, -0.1) is 0 Å². The maximum atomic E-state index is 6.45. The summed E-state index contributed by atoms with van der Waals surface area (Å²) in [6.07, 6.45) is 3.70. The van der Waals surface area contributed by atoms with Gasteiger partial charge in [0.25, 0.3) is 0 Å². The van der Waals surface area contributed by atoms with E-state index in [-0.39, 0.29) is 0 Å². The Morgan fingerprint density at radius 1 is 1.17 bits per heavy atom. The summed E-state index contributed by atoms with van der Waals surface area (Å²) in [5.41, 5.74) is 2.45. The van der Waals surface area contributed by atoms with Crippen molar-refractivity contribution in [2.24, 2.45) is 0 Å².